The van der Waals surface area contributed by atoms with Crippen molar-refractivity contribution in [2.75, 3.05) is 7.11 Å². The Labute approximate surface area is 84.7 Å². The van der Waals surface area contributed by atoms with Gasteiger partial charge in [-0.05, 0) is 36.3 Å². The predicted octanol–water partition coefficient (Wildman–Crippen LogP) is 2.92. The summed E-state index contributed by atoms with van der Waals surface area (Å²) in [6.45, 7) is 2.12. The zero-order chi connectivity index (χ0) is 10.4. The molecule has 74 valence electrons. The molecule has 0 fully saturated rings. The lowest BCUT2D eigenvalue weighted by molar-refractivity contribution is 0.413. The highest BCUT2D eigenvalue weighted by molar-refractivity contribution is 5.77. The van der Waals surface area contributed by atoms with Crippen LogP contribution in [0.25, 0.3) is 6.08 Å². The molecule has 0 aliphatic rings. The van der Waals surface area contributed by atoms with Gasteiger partial charge in [0.15, 0.2) is 0 Å². The summed E-state index contributed by atoms with van der Waals surface area (Å²) in [5.74, 6) is 0.848. The molecule has 0 spiro atoms. The van der Waals surface area contributed by atoms with E-state index in [1.165, 1.54) is 11.8 Å². The first-order chi connectivity index (χ1) is 6.81. The van der Waals surface area contributed by atoms with Gasteiger partial charge in [0.1, 0.15) is 5.75 Å². The molecule has 0 aromatic heterocycles. The predicted molar refractivity (Wildman–Crippen MR) is 60.2 cm³/mol. The molecule has 0 unspecified atom stereocenters. The molecule has 1 N–H and O–H groups in total. The van der Waals surface area contributed by atoms with E-state index in [2.05, 4.69) is 19.1 Å². The van der Waals surface area contributed by atoms with Gasteiger partial charge < -0.3 is 10.1 Å². The highest BCUT2D eigenvalue weighted by atomic mass is 16.5. The standard InChI is InChI=1S/C12H15NO/c1-3-10-6-7-12(14-2)11(9-10)5-4-8-13/h4-9,13H,3H2,1-2H3/b5-4+,13-8?. The lowest BCUT2D eigenvalue weighted by Gasteiger charge is -2.06. The van der Waals surface area contributed by atoms with Crippen molar-refractivity contribution in [1.29, 1.82) is 5.41 Å². The second kappa shape index (κ2) is 5.22. The van der Waals surface area contributed by atoms with Gasteiger partial charge in [-0.2, -0.15) is 0 Å². The smallest absolute Gasteiger partial charge is 0.126 e. The summed E-state index contributed by atoms with van der Waals surface area (Å²) in [4.78, 5) is 0. The fourth-order valence-corrected chi connectivity index (χ4v) is 1.29. The fourth-order valence-electron chi connectivity index (χ4n) is 1.29. The molecule has 0 heterocycles. The molecule has 2 heteroatoms. The minimum atomic E-state index is 0.848. The molecule has 0 aliphatic carbocycles. The molecule has 0 aliphatic heterocycles. The average molecular weight is 189 g/mol. The topological polar surface area (TPSA) is 33.1 Å². The summed E-state index contributed by atoms with van der Waals surface area (Å²) in [5.41, 5.74) is 2.30. The van der Waals surface area contributed by atoms with Crippen molar-refractivity contribution >= 4 is 12.3 Å². The third kappa shape index (κ3) is 2.46. The highest BCUT2D eigenvalue weighted by Gasteiger charge is 1.99. The maximum absolute atomic E-state index is 6.93. The molecular formula is C12H15NO. The number of ether oxygens (including phenoxy) is 1. The monoisotopic (exact) mass is 189 g/mol. The number of rotatable bonds is 4. The third-order valence-corrected chi connectivity index (χ3v) is 2.07. The maximum Gasteiger partial charge on any atom is 0.126 e. The Morgan fingerprint density at radius 3 is 2.79 bits per heavy atom. The number of benzene rings is 1. The van der Waals surface area contributed by atoms with Crippen LogP contribution in [0.5, 0.6) is 5.75 Å². The summed E-state index contributed by atoms with van der Waals surface area (Å²) in [5, 5.41) is 6.93. The molecule has 0 amide bonds. The molecule has 2 nitrogen and oxygen atoms in total. The third-order valence-electron chi connectivity index (χ3n) is 2.07. The van der Waals surface area contributed by atoms with Gasteiger partial charge in [-0.3, -0.25) is 0 Å². The van der Waals surface area contributed by atoms with Crippen LogP contribution in [0.1, 0.15) is 18.1 Å². The van der Waals surface area contributed by atoms with Crippen molar-refractivity contribution in [2.45, 2.75) is 13.3 Å². The van der Waals surface area contributed by atoms with Crippen LogP contribution < -0.4 is 4.74 Å². The van der Waals surface area contributed by atoms with Gasteiger partial charge in [-0.1, -0.05) is 13.0 Å². The lowest BCUT2D eigenvalue weighted by Crippen LogP contribution is -1.89. The van der Waals surface area contributed by atoms with Crippen molar-refractivity contribution in [3.8, 4) is 5.75 Å². The van der Waals surface area contributed by atoms with Crippen LogP contribution in [-0.4, -0.2) is 13.3 Å². The zero-order valence-corrected chi connectivity index (χ0v) is 8.58. The number of hydrogen-bond donors (Lipinski definition) is 1. The van der Waals surface area contributed by atoms with Gasteiger partial charge in [0.05, 0.1) is 7.11 Å². The molecule has 14 heavy (non-hydrogen) atoms. The van der Waals surface area contributed by atoms with E-state index in [1.807, 2.05) is 12.1 Å². The Kier molecular flexibility index (Phi) is 3.92. The molecule has 1 aromatic rings. The van der Waals surface area contributed by atoms with E-state index < -0.39 is 0 Å². The van der Waals surface area contributed by atoms with Crippen molar-refractivity contribution in [3.05, 3.63) is 35.4 Å². The lowest BCUT2D eigenvalue weighted by atomic mass is 10.1. The number of aryl methyl sites for hydroxylation is 1. The Morgan fingerprint density at radius 1 is 1.43 bits per heavy atom. The van der Waals surface area contributed by atoms with E-state index in [1.54, 1.807) is 13.2 Å². The summed E-state index contributed by atoms with van der Waals surface area (Å²) in [6.07, 6.45) is 5.84. The van der Waals surface area contributed by atoms with Crippen molar-refractivity contribution in [1.82, 2.24) is 0 Å². The van der Waals surface area contributed by atoms with Gasteiger partial charge in [-0.25, -0.2) is 0 Å². The molecule has 0 radical (unpaired) electrons. The molecule has 0 saturated carbocycles. The minimum absolute atomic E-state index is 0.848. The number of nitrogens with one attached hydrogen (secondary N) is 1. The maximum atomic E-state index is 6.93. The Bertz CT molecular complexity index is 342. The van der Waals surface area contributed by atoms with E-state index in [4.69, 9.17) is 10.1 Å². The Balaban J connectivity index is 3.07. The van der Waals surface area contributed by atoms with Crippen LogP contribution in [-0.2, 0) is 6.42 Å². The summed E-state index contributed by atoms with van der Waals surface area (Å²) < 4.78 is 5.22. The van der Waals surface area contributed by atoms with E-state index >= 15 is 0 Å². The Morgan fingerprint density at radius 2 is 2.21 bits per heavy atom. The second-order valence-electron chi connectivity index (χ2n) is 2.96. The molecule has 0 bridgehead atoms. The largest absolute Gasteiger partial charge is 0.496 e. The van der Waals surface area contributed by atoms with Gasteiger partial charge in [0, 0.05) is 11.8 Å². The molecule has 1 rings (SSSR count). The van der Waals surface area contributed by atoms with E-state index in [0.29, 0.717) is 0 Å². The first kappa shape index (κ1) is 10.5. The quantitative estimate of drug-likeness (QED) is 0.726. The minimum Gasteiger partial charge on any atom is -0.496 e. The SMILES string of the molecule is CCc1ccc(OC)c(/C=C/C=N)c1. The van der Waals surface area contributed by atoms with Crippen LogP contribution in [0.2, 0.25) is 0 Å². The van der Waals surface area contributed by atoms with Crippen molar-refractivity contribution < 1.29 is 4.74 Å². The van der Waals surface area contributed by atoms with Gasteiger partial charge in [0.2, 0.25) is 0 Å². The van der Waals surface area contributed by atoms with E-state index in [9.17, 15) is 0 Å². The first-order valence-corrected chi connectivity index (χ1v) is 4.66. The van der Waals surface area contributed by atoms with E-state index in [-0.39, 0.29) is 0 Å². The average Bonchev–Trinajstić information content (AvgIpc) is 2.25. The van der Waals surface area contributed by atoms with Crippen molar-refractivity contribution in [3.63, 3.8) is 0 Å². The fraction of sp³-hybridized carbons (Fsp3) is 0.250. The molecule has 1 aromatic carbocycles. The van der Waals surface area contributed by atoms with Gasteiger partial charge in [0.25, 0.3) is 0 Å². The highest BCUT2D eigenvalue weighted by Crippen LogP contribution is 2.21. The number of methoxy groups -OCH3 is 1. The summed E-state index contributed by atoms with van der Waals surface area (Å²) in [6, 6.07) is 6.10. The summed E-state index contributed by atoms with van der Waals surface area (Å²) in [7, 11) is 1.66. The van der Waals surface area contributed by atoms with Crippen molar-refractivity contribution in [2.24, 2.45) is 0 Å². The molecule has 0 saturated heterocycles. The normalized spacial score (nSPS) is 10.4. The number of allylic oxidation sites excluding steroid dienone is 1. The van der Waals surface area contributed by atoms with Crippen LogP contribution in [0.3, 0.4) is 0 Å². The zero-order valence-electron chi connectivity index (χ0n) is 8.58. The molecular weight excluding hydrogens is 174 g/mol. The van der Waals surface area contributed by atoms with Gasteiger partial charge in [-0.15, -0.1) is 0 Å². The molecule has 0 atom stereocenters. The summed E-state index contributed by atoms with van der Waals surface area (Å²) >= 11 is 0. The van der Waals surface area contributed by atoms with Crippen LogP contribution >= 0.6 is 0 Å². The first-order valence-electron chi connectivity index (χ1n) is 4.66. The van der Waals surface area contributed by atoms with Crippen LogP contribution in [0, 0.1) is 5.41 Å². The van der Waals surface area contributed by atoms with Gasteiger partial charge >= 0.3 is 0 Å². The second-order valence-corrected chi connectivity index (χ2v) is 2.96. The van der Waals surface area contributed by atoms with Crippen LogP contribution in [0.4, 0.5) is 0 Å². The Hall–Kier alpha value is -1.57. The van der Waals surface area contributed by atoms with Crippen LogP contribution in [0.15, 0.2) is 24.3 Å². The number of hydrogen-bond acceptors (Lipinski definition) is 2. The van der Waals surface area contributed by atoms with E-state index in [0.717, 1.165) is 17.7 Å².